The fourth-order valence-corrected chi connectivity index (χ4v) is 3.74. The highest BCUT2D eigenvalue weighted by atomic mass is 32.2. The molecule has 0 aromatic heterocycles. The van der Waals surface area contributed by atoms with Gasteiger partial charge >= 0.3 is 0 Å². The number of hydrogen-bond donors (Lipinski definition) is 3. The zero-order valence-electron chi connectivity index (χ0n) is 17.2. The number of carbonyl (C=O) groups is 2. The molecule has 0 radical (unpaired) electrons. The molecule has 0 bridgehead atoms. The van der Waals surface area contributed by atoms with Crippen molar-refractivity contribution in [2.24, 2.45) is 0 Å². The molecule has 3 rings (SSSR count). The van der Waals surface area contributed by atoms with E-state index in [1.54, 1.807) is 0 Å². The standard InChI is InChI=1S/C22H19F2N3O5S/c1-14(32-20-9-5-3-7-18(20)24)21(28)25-26-22(29)17-6-2-4-8-19(17)27-33(30,31)16-12-10-15(23)11-13-16/h2-14,27H,1H3,(H,25,28)(H,26,29). The number of ether oxygens (including phenoxy) is 1. The number of sulfonamides is 1. The van der Waals surface area contributed by atoms with Crippen LogP contribution >= 0.6 is 0 Å². The summed E-state index contributed by atoms with van der Waals surface area (Å²) in [6, 6.07) is 15.4. The lowest BCUT2D eigenvalue weighted by Gasteiger charge is -2.16. The van der Waals surface area contributed by atoms with E-state index in [0.29, 0.717) is 0 Å². The van der Waals surface area contributed by atoms with Crippen LogP contribution in [-0.4, -0.2) is 26.3 Å². The highest BCUT2D eigenvalue weighted by molar-refractivity contribution is 7.92. The van der Waals surface area contributed by atoms with Gasteiger partial charge in [-0.15, -0.1) is 0 Å². The van der Waals surface area contributed by atoms with Gasteiger partial charge in [0.25, 0.3) is 21.8 Å². The van der Waals surface area contributed by atoms with Crippen LogP contribution < -0.4 is 20.3 Å². The van der Waals surface area contributed by atoms with E-state index >= 15 is 0 Å². The van der Waals surface area contributed by atoms with E-state index in [-0.39, 0.29) is 21.9 Å². The second-order valence-corrected chi connectivity index (χ2v) is 8.42. The first kappa shape index (κ1) is 23.7. The molecule has 172 valence electrons. The van der Waals surface area contributed by atoms with Crippen molar-refractivity contribution in [2.75, 3.05) is 4.72 Å². The van der Waals surface area contributed by atoms with Crippen LogP contribution in [0.2, 0.25) is 0 Å². The van der Waals surface area contributed by atoms with Crippen LogP contribution in [0.25, 0.3) is 0 Å². The molecule has 1 unspecified atom stereocenters. The topological polar surface area (TPSA) is 114 Å². The molecule has 0 fully saturated rings. The zero-order chi connectivity index (χ0) is 24.0. The third-order valence-corrected chi connectivity index (χ3v) is 5.73. The molecule has 33 heavy (non-hydrogen) atoms. The number of hydrogen-bond acceptors (Lipinski definition) is 5. The molecule has 11 heteroatoms. The Bertz CT molecular complexity index is 1270. The van der Waals surface area contributed by atoms with Gasteiger partial charge in [0.1, 0.15) is 5.82 Å². The lowest BCUT2D eigenvalue weighted by atomic mass is 10.2. The summed E-state index contributed by atoms with van der Waals surface area (Å²) in [7, 11) is -4.11. The van der Waals surface area contributed by atoms with Crippen molar-refractivity contribution in [3.63, 3.8) is 0 Å². The van der Waals surface area contributed by atoms with E-state index in [4.69, 9.17) is 4.74 Å². The van der Waals surface area contributed by atoms with Gasteiger partial charge in [0.05, 0.1) is 16.1 Å². The van der Waals surface area contributed by atoms with Crippen molar-refractivity contribution in [3.05, 3.63) is 90.0 Å². The Kier molecular flexibility index (Phi) is 7.23. The number of hydrazine groups is 1. The van der Waals surface area contributed by atoms with Crippen LogP contribution in [-0.2, 0) is 14.8 Å². The summed E-state index contributed by atoms with van der Waals surface area (Å²) in [6.07, 6.45) is -1.14. The zero-order valence-corrected chi connectivity index (χ0v) is 18.0. The Hall–Kier alpha value is -3.99. The van der Waals surface area contributed by atoms with E-state index < -0.39 is 39.6 Å². The van der Waals surface area contributed by atoms with Crippen LogP contribution in [0.15, 0.2) is 77.7 Å². The minimum Gasteiger partial charge on any atom is -0.478 e. The molecule has 3 N–H and O–H groups in total. The highest BCUT2D eigenvalue weighted by Gasteiger charge is 2.21. The summed E-state index contributed by atoms with van der Waals surface area (Å²) >= 11 is 0. The van der Waals surface area contributed by atoms with Crippen molar-refractivity contribution < 1.29 is 31.5 Å². The quantitative estimate of drug-likeness (QED) is 0.455. The van der Waals surface area contributed by atoms with Gasteiger partial charge in [-0.25, -0.2) is 17.2 Å². The number of anilines is 1. The Balaban J connectivity index is 1.66. The molecule has 2 amide bonds. The number of benzene rings is 3. The van der Waals surface area contributed by atoms with Crippen LogP contribution in [0, 0.1) is 11.6 Å². The van der Waals surface area contributed by atoms with Crippen molar-refractivity contribution >= 4 is 27.5 Å². The van der Waals surface area contributed by atoms with Gasteiger partial charge < -0.3 is 4.74 Å². The highest BCUT2D eigenvalue weighted by Crippen LogP contribution is 2.20. The third kappa shape index (κ3) is 6.04. The monoisotopic (exact) mass is 475 g/mol. The van der Waals surface area contributed by atoms with Gasteiger partial charge in [-0.1, -0.05) is 24.3 Å². The molecule has 0 saturated heterocycles. The van der Waals surface area contributed by atoms with Crippen LogP contribution in [0.3, 0.4) is 0 Å². The molecular formula is C22H19F2N3O5S. The average molecular weight is 475 g/mol. The second-order valence-electron chi connectivity index (χ2n) is 6.74. The van der Waals surface area contributed by atoms with E-state index in [1.165, 1.54) is 55.5 Å². The number of carbonyl (C=O) groups excluding carboxylic acids is 2. The summed E-state index contributed by atoms with van der Waals surface area (Å²) in [5.74, 6) is -2.97. The molecule has 3 aromatic rings. The van der Waals surface area contributed by atoms with Gasteiger partial charge in [-0.3, -0.25) is 25.2 Å². The Morgan fingerprint density at radius 1 is 0.879 bits per heavy atom. The van der Waals surface area contributed by atoms with E-state index in [2.05, 4.69) is 15.6 Å². The SMILES string of the molecule is CC(Oc1ccccc1F)C(=O)NNC(=O)c1ccccc1NS(=O)(=O)c1ccc(F)cc1. The van der Waals surface area contributed by atoms with Crippen molar-refractivity contribution in [2.45, 2.75) is 17.9 Å². The molecule has 1 atom stereocenters. The molecule has 0 aliphatic heterocycles. The Morgan fingerprint density at radius 2 is 1.52 bits per heavy atom. The van der Waals surface area contributed by atoms with Gasteiger partial charge in [0.15, 0.2) is 17.7 Å². The molecule has 3 aromatic carbocycles. The van der Waals surface area contributed by atoms with Crippen molar-refractivity contribution in [1.29, 1.82) is 0 Å². The minimum atomic E-state index is -4.11. The first-order chi connectivity index (χ1) is 15.7. The number of amides is 2. The summed E-state index contributed by atoms with van der Waals surface area (Å²) in [5, 5.41) is 0. The second kappa shape index (κ2) is 10.1. The van der Waals surface area contributed by atoms with E-state index in [1.807, 2.05) is 0 Å². The normalized spacial score (nSPS) is 11.8. The van der Waals surface area contributed by atoms with Gasteiger partial charge in [0, 0.05) is 0 Å². The summed E-state index contributed by atoms with van der Waals surface area (Å²) in [4.78, 5) is 24.6. The van der Waals surface area contributed by atoms with Gasteiger partial charge in [0.2, 0.25) is 0 Å². The minimum absolute atomic E-state index is 0.0655. The van der Waals surface area contributed by atoms with Gasteiger partial charge in [-0.2, -0.15) is 0 Å². The molecule has 0 heterocycles. The van der Waals surface area contributed by atoms with Gasteiger partial charge in [-0.05, 0) is 55.5 Å². The predicted molar refractivity (Wildman–Crippen MR) is 116 cm³/mol. The fourth-order valence-electron chi connectivity index (χ4n) is 2.66. The predicted octanol–water partition coefficient (Wildman–Crippen LogP) is 2.99. The maximum atomic E-state index is 13.7. The Morgan fingerprint density at radius 3 is 2.21 bits per heavy atom. The van der Waals surface area contributed by atoms with Crippen molar-refractivity contribution in [1.82, 2.24) is 10.9 Å². The average Bonchev–Trinajstić information content (AvgIpc) is 2.79. The first-order valence-corrected chi connectivity index (χ1v) is 11.0. The van der Waals surface area contributed by atoms with Crippen LogP contribution in [0.1, 0.15) is 17.3 Å². The van der Waals surface area contributed by atoms with Crippen LogP contribution in [0.4, 0.5) is 14.5 Å². The Labute approximate surface area is 188 Å². The summed E-state index contributed by atoms with van der Waals surface area (Å²) in [6.45, 7) is 1.36. The molecule has 0 spiro atoms. The number of halogens is 2. The first-order valence-electron chi connectivity index (χ1n) is 9.56. The maximum Gasteiger partial charge on any atom is 0.279 e. The molecule has 8 nitrogen and oxygen atoms in total. The van der Waals surface area contributed by atoms with E-state index in [0.717, 1.165) is 24.3 Å². The molecule has 0 saturated carbocycles. The molecular weight excluding hydrogens is 456 g/mol. The summed E-state index contributed by atoms with van der Waals surface area (Å²) < 4.78 is 59.4. The lowest BCUT2D eigenvalue weighted by molar-refractivity contribution is -0.128. The largest absolute Gasteiger partial charge is 0.478 e. The summed E-state index contributed by atoms with van der Waals surface area (Å²) in [5.41, 5.74) is 4.14. The van der Waals surface area contributed by atoms with E-state index in [9.17, 15) is 26.8 Å². The maximum absolute atomic E-state index is 13.7. The number of rotatable bonds is 7. The van der Waals surface area contributed by atoms with Crippen molar-refractivity contribution in [3.8, 4) is 5.75 Å². The molecule has 0 aliphatic rings. The number of nitrogens with one attached hydrogen (secondary N) is 3. The number of para-hydroxylation sites is 2. The fraction of sp³-hybridized carbons (Fsp3) is 0.0909. The smallest absolute Gasteiger partial charge is 0.279 e. The van der Waals surface area contributed by atoms with Crippen LogP contribution in [0.5, 0.6) is 5.75 Å². The lowest BCUT2D eigenvalue weighted by Crippen LogP contribution is -2.47. The third-order valence-electron chi connectivity index (χ3n) is 4.35. The molecule has 0 aliphatic carbocycles.